The summed E-state index contributed by atoms with van der Waals surface area (Å²) in [6.45, 7) is 11.0. The molecule has 0 aromatic heterocycles. The molecular formula is C24H31F. The summed E-state index contributed by atoms with van der Waals surface area (Å²) >= 11 is 0. The van der Waals surface area contributed by atoms with Crippen molar-refractivity contribution in [3.63, 3.8) is 0 Å². The van der Waals surface area contributed by atoms with Crippen LogP contribution in [0.15, 0.2) is 79.7 Å². The predicted octanol–water partition coefficient (Wildman–Crippen LogP) is 7.75. The molecule has 134 valence electrons. The molecule has 25 heavy (non-hydrogen) atoms. The first kappa shape index (κ1) is 20.9. The Balaban J connectivity index is 0.000000970. The Morgan fingerprint density at radius 2 is 1.80 bits per heavy atom. The highest BCUT2D eigenvalue weighted by Gasteiger charge is 2.16. The van der Waals surface area contributed by atoms with Gasteiger partial charge in [-0.3, -0.25) is 0 Å². The van der Waals surface area contributed by atoms with Gasteiger partial charge in [-0.25, -0.2) is 4.39 Å². The number of rotatable bonds is 7. The minimum atomic E-state index is -0.0832. The van der Waals surface area contributed by atoms with Gasteiger partial charge in [-0.05, 0) is 63.5 Å². The van der Waals surface area contributed by atoms with Crippen LogP contribution in [0.25, 0.3) is 5.57 Å². The first-order chi connectivity index (χ1) is 12.1. The third kappa shape index (κ3) is 7.98. The lowest BCUT2D eigenvalue weighted by Crippen LogP contribution is -2.01. The van der Waals surface area contributed by atoms with Crippen molar-refractivity contribution in [1.29, 1.82) is 0 Å². The van der Waals surface area contributed by atoms with E-state index in [-0.39, 0.29) is 11.7 Å². The average molecular weight is 339 g/mol. The van der Waals surface area contributed by atoms with E-state index in [1.54, 1.807) is 12.2 Å². The highest BCUT2D eigenvalue weighted by atomic mass is 19.1. The summed E-state index contributed by atoms with van der Waals surface area (Å²) < 4.78 is 14.3. The fraction of sp³-hybridized carbons (Fsp3) is 0.333. The lowest BCUT2D eigenvalue weighted by Gasteiger charge is -2.17. The lowest BCUT2D eigenvalue weighted by atomic mass is 9.90. The molecule has 1 aromatic carbocycles. The van der Waals surface area contributed by atoms with Crippen LogP contribution in [0.4, 0.5) is 4.39 Å². The minimum absolute atomic E-state index is 0.0832. The highest BCUT2D eigenvalue weighted by molar-refractivity contribution is 5.78. The van der Waals surface area contributed by atoms with Crippen LogP contribution in [0.1, 0.15) is 50.2 Å². The van der Waals surface area contributed by atoms with E-state index in [4.69, 9.17) is 0 Å². The molecule has 0 heterocycles. The van der Waals surface area contributed by atoms with Crippen molar-refractivity contribution in [3.8, 4) is 0 Å². The van der Waals surface area contributed by atoms with E-state index in [9.17, 15) is 4.39 Å². The molecule has 1 aliphatic rings. The van der Waals surface area contributed by atoms with Gasteiger partial charge in [0.2, 0.25) is 0 Å². The summed E-state index contributed by atoms with van der Waals surface area (Å²) in [5.41, 5.74) is 2.91. The van der Waals surface area contributed by atoms with Gasteiger partial charge < -0.3 is 0 Å². The topological polar surface area (TPSA) is 0 Å². The summed E-state index contributed by atoms with van der Waals surface area (Å²) in [5, 5.41) is 0. The maximum absolute atomic E-state index is 14.3. The molecule has 0 radical (unpaired) electrons. The SMILES string of the molecule is C=CC.C=CCCC/C=C\CC1C=C(F)C(c2ccc(C)cc2)=CC1. The summed E-state index contributed by atoms with van der Waals surface area (Å²) in [6.07, 6.45) is 17.0. The van der Waals surface area contributed by atoms with Crippen molar-refractivity contribution in [2.45, 2.75) is 46.0 Å². The van der Waals surface area contributed by atoms with Crippen molar-refractivity contribution in [2.75, 3.05) is 0 Å². The Labute approximate surface area is 153 Å². The van der Waals surface area contributed by atoms with Crippen LogP contribution in [0, 0.1) is 12.8 Å². The molecule has 0 saturated carbocycles. The van der Waals surface area contributed by atoms with E-state index < -0.39 is 0 Å². The molecule has 1 aromatic rings. The van der Waals surface area contributed by atoms with Gasteiger partial charge in [0, 0.05) is 5.57 Å². The van der Waals surface area contributed by atoms with Gasteiger partial charge in [-0.15, -0.1) is 13.2 Å². The molecule has 2 rings (SSSR count). The third-order valence-corrected chi connectivity index (χ3v) is 4.01. The van der Waals surface area contributed by atoms with Crippen LogP contribution in [0.2, 0.25) is 0 Å². The number of aryl methyl sites for hydroxylation is 1. The average Bonchev–Trinajstić information content (AvgIpc) is 2.60. The largest absolute Gasteiger partial charge is 0.207 e. The summed E-state index contributed by atoms with van der Waals surface area (Å²) in [7, 11) is 0. The van der Waals surface area contributed by atoms with E-state index in [1.165, 1.54) is 5.56 Å². The molecule has 0 saturated heterocycles. The fourth-order valence-corrected chi connectivity index (χ4v) is 2.65. The Morgan fingerprint density at radius 3 is 2.40 bits per heavy atom. The number of hydrogen-bond acceptors (Lipinski definition) is 0. The summed E-state index contributed by atoms with van der Waals surface area (Å²) in [5.74, 6) is 0.199. The predicted molar refractivity (Wildman–Crippen MR) is 110 cm³/mol. The second kappa shape index (κ2) is 12.2. The number of halogens is 1. The van der Waals surface area contributed by atoms with Crippen LogP contribution < -0.4 is 0 Å². The molecule has 0 nitrogen and oxygen atoms in total. The molecule has 0 bridgehead atoms. The Hall–Kier alpha value is -2.15. The second-order valence-electron chi connectivity index (χ2n) is 6.33. The number of hydrogen-bond donors (Lipinski definition) is 0. The number of allylic oxidation sites excluding steroid dienone is 8. The van der Waals surface area contributed by atoms with E-state index in [1.807, 2.05) is 50.3 Å². The Morgan fingerprint density at radius 1 is 1.12 bits per heavy atom. The monoisotopic (exact) mass is 338 g/mol. The highest BCUT2D eigenvalue weighted by Crippen LogP contribution is 2.32. The van der Waals surface area contributed by atoms with Gasteiger partial charge in [-0.2, -0.15) is 0 Å². The molecular weight excluding hydrogens is 307 g/mol. The molecule has 1 aliphatic carbocycles. The molecule has 0 spiro atoms. The van der Waals surface area contributed by atoms with Crippen molar-refractivity contribution >= 4 is 5.57 Å². The molecule has 0 N–H and O–H groups in total. The molecule has 0 fully saturated rings. The molecule has 0 aliphatic heterocycles. The molecule has 1 heteroatoms. The van der Waals surface area contributed by atoms with Gasteiger partial charge >= 0.3 is 0 Å². The van der Waals surface area contributed by atoms with E-state index >= 15 is 0 Å². The van der Waals surface area contributed by atoms with Crippen molar-refractivity contribution < 1.29 is 4.39 Å². The minimum Gasteiger partial charge on any atom is -0.207 e. The second-order valence-corrected chi connectivity index (χ2v) is 6.33. The zero-order valence-corrected chi connectivity index (χ0v) is 15.7. The normalized spacial score (nSPS) is 16.5. The van der Waals surface area contributed by atoms with E-state index in [0.717, 1.165) is 43.2 Å². The Kier molecular flexibility index (Phi) is 10.2. The van der Waals surface area contributed by atoms with Crippen molar-refractivity contribution in [1.82, 2.24) is 0 Å². The number of unbranched alkanes of at least 4 members (excludes halogenated alkanes) is 2. The van der Waals surface area contributed by atoms with E-state index in [0.29, 0.717) is 0 Å². The summed E-state index contributed by atoms with van der Waals surface area (Å²) in [4.78, 5) is 0. The van der Waals surface area contributed by atoms with Gasteiger partial charge in [0.25, 0.3) is 0 Å². The zero-order valence-electron chi connectivity index (χ0n) is 15.7. The lowest BCUT2D eigenvalue weighted by molar-refractivity contribution is 0.600. The van der Waals surface area contributed by atoms with Gasteiger partial charge in [0.1, 0.15) is 5.83 Å². The third-order valence-electron chi connectivity index (χ3n) is 4.01. The van der Waals surface area contributed by atoms with Gasteiger partial charge in [-0.1, -0.05) is 60.2 Å². The smallest absolute Gasteiger partial charge is 0.127 e. The van der Waals surface area contributed by atoms with Crippen LogP contribution >= 0.6 is 0 Å². The van der Waals surface area contributed by atoms with Crippen LogP contribution in [-0.2, 0) is 0 Å². The molecule has 1 unspecified atom stereocenters. The Bertz CT molecular complexity index is 614. The van der Waals surface area contributed by atoms with Crippen LogP contribution in [0.3, 0.4) is 0 Å². The number of benzene rings is 1. The van der Waals surface area contributed by atoms with Crippen LogP contribution in [-0.4, -0.2) is 0 Å². The maximum atomic E-state index is 14.3. The first-order valence-corrected chi connectivity index (χ1v) is 9.10. The molecule has 1 atom stereocenters. The first-order valence-electron chi connectivity index (χ1n) is 9.10. The summed E-state index contributed by atoms with van der Waals surface area (Å²) in [6, 6.07) is 8.05. The fourth-order valence-electron chi connectivity index (χ4n) is 2.65. The quantitative estimate of drug-likeness (QED) is 0.352. The van der Waals surface area contributed by atoms with Gasteiger partial charge in [0.15, 0.2) is 0 Å². The maximum Gasteiger partial charge on any atom is 0.127 e. The standard InChI is InChI=1S/C21H25F.C3H6/c1-3-4-5-6-7-8-9-18-12-15-20(21(22)16-18)19-13-10-17(2)11-14-19;1-3-2/h3,7-8,10-11,13-16,18H,1,4-6,9,12H2,2H3;3H,1H2,2H3/b8-7-;. The zero-order chi connectivity index (χ0) is 18.5. The van der Waals surface area contributed by atoms with Crippen LogP contribution in [0.5, 0.6) is 0 Å². The van der Waals surface area contributed by atoms with Crippen molar-refractivity contribution in [2.24, 2.45) is 5.92 Å². The van der Waals surface area contributed by atoms with Gasteiger partial charge in [0.05, 0.1) is 0 Å². The van der Waals surface area contributed by atoms with E-state index in [2.05, 4.69) is 25.3 Å². The van der Waals surface area contributed by atoms with Crippen molar-refractivity contribution in [3.05, 3.63) is 90.8 Å². The molecule has 0 amide bonds.